The molecule has 0 aromatic heterocycles. The molecule has 18 heavy (non-hydrogen) atoms. The normalized spacial score (nSPS) is 12.1. The van der Waals surface area contributed by atoms with Crippen LogP contribution in [0.25, 0.3) is 0 Å². The lowest BCUT2D eigenvalue weighted by Crippen LogP contribution is -2.27. The van der Waals surface area contributed by atoms with Gasteiger partial charge in [0.05, 0.1) is 0 Å². The van der Waals surface area contributed by atoms with E-state index in [-0.39, 0.29) is 6.23 Å². The highest BCUT2D eigenvalue weighted by Crippen LogP contribution is 2.11. The van der Waals surface area contributed by atoms with Crippen molar-refractivity contribution >= 4 is 0 Å². The molecule has 2 aromatic rings. The highest BCUT2D eigenvalue weighted by molar-refractivity contribution is 5.19. The van der Waals surface area contributed by atoms with Crippen molar-refractivity contribution in [2.75, 3.05) is 0 Å². The van der Waals surface area contributed by atoms with E-state index in [1.165, 1.54) is 5.56 Å². The van der Waals surface area contributed by atoms with Gasteiger partial charge in [0.2, 0.25) is 0 Å². The fourth-order valence-corrected chi connectivity index (χ4v) is 1.82. The maximum absolute atomic E-state index is 5.93. The lowest BCUT2D eigenvalue weighted by molar-refractivity contribution is 0.195. The minimum Gasteiger partial charge on any atom is -0.475 e. The molecule has 0 aliphatic carbocycles. The van der Waals surface area contributed by atoms with E-state index in [0.29, 0.717) is 5.75 Å². The molecule has 0 aliphatic heterocycles. The van der Waals surface area contributed by atoms with Crippen LogP contribution in [0.1, 0.15) is 18.4 Å². The molecule has 0 unspecified atom stereocenters. The Hall–Kier alpha value is -1.80. The highest BCUT2D eigenvalue weighted by atomic mass is 16.5. The number of hydrogen-bond donors (Lipinski definition) is 1. The summed E-state index contributed by atoms with van der Waals surface area (Å²) in [5.74, 6) is 0.713. The van der Waals surface area contributed by atoms with Gasteiger partial charge < -0.3 is 4.74 Å². The smallest absolute Gasteiger partial charge is 0.147 e. The molecular formula is C16H18NO. The zero-order chi connectivity index (χ0) is 12.6. The fourth-order valence-electron chi connectivity index (χ4n) is 1.82. The van der Waals surface area contributed by atoms with Gasteiger partial charge >= 0.3 is 0 Å². The van der Waals surface area contributed by atoms with E-state index < -0.39 is 0 Å². The summed E-state index contributed by atoms with van der Waals surface area (Å²) in [7, 11) is 0. The summed E-state index contributed by atoms with van der Waals surface area (Å²) < 4.78 is 5.57. The number of benzene rings is 2. The van der Waals surface area contributed by atoms with Crippen molar-refractivity contribution in [3.63, 3.8) is 0 Å². The lowest BCUT2D eigenvalue weighted by atomic mass is 10.1. The zero-order valence-corrected chi connectivity index (χ0v) is 10.4. The minimum absolute atomic E-state index is 0.257. The molecule has 0 heterocycles. The van der Waals surface area contributed by atoms with Crippen molar-refractivity contribution in [1.29, 1.82) is 0 Å². The van der Waals surface area contributed by atoms with Crippen LogP contribution in [0, 0.1) is 6.07 Å². The number of nitrogens with two attached hydrogens (primary N) is 1. The molecule has 93 valence electrons. The Morgan fingerprint density at radius 2 is 1.83 bits per heavy atom. The topological polar surface area (TPSA) is 35.2 Å². The van der Waals surface area contributed by atoms with Crippen molar-refractivity contribution in [1.82, 2.24) is 0 Å². The number of rotatable bonds is 6. The van der Waals surface area contributed by atoms with Crippen molar-refractivity contribution < 1.29 is 4.74 Å². The van der Waals surface area contributed by atoms with E-state index in [0.717, 1.165) is 19.3 Å². The van der Waals surface area contributed by atoms with E-state index in [4.69, 9.17) is 10.5 Å². The largest absolute Gasteiger partial charge is 0.475 e. The van der Waals surface area contributed by atoms with Gasteiger partial charge in [0.15, 0.2) is 0 Å². The van der Waals surface area contributed by atoms with Gasteiger partial charge in [0, 0.05) is 6.07 Å². The Morgan fingerprint density at radius 1 is 1.06 bits per heavy atom. The van der Waals surface area contributed by atoms with E-state index in [1.54, 1.807) is 0 Å². The standard InChI is InChI=1S/C16H18NO/c17-16(18-15-11-5-2-6-12-15)13-7-10-14-8-3-1-4-9-14/h1-6,8-9,11,16H,7,10,13,17H2/t16-/m1/s1. The van der Waals surface area contributed by atoms with E-state index in [1.807, 2.05) is 30.3 Å². The third-order valence-corrected chi connectivity index (χ3v) is 2.76. The first-order valence-corrected chi connectivity index (χ1v) is 6.27. The summed E-state index contributed by atoms with van der Waals surface area (Å²) in [5, 5.41) is 0. The summed E-state index contributed by atoms with van der Waals surface area (Å²) in [6, 6.07) is 21.0. The maximum Gasteiger partial charge on any atom is 0.147 e. The van der Waals surface area contributed by atoms with Crippen LogP contribution in [0.2, 0.25) is 0 Å². The van der Waals surface area contributed by atoms with E-state index in [2.05, 4.69) is 30.3 Å². The van der Waals surface area contributed by atoms with Gasteiger partial charge in [-0.25, -0.2) is 0 Å². The molecule has 0 amide bonds. The Labute approximate surface area is 108 Å². The predicted octanol–water partition coefficient (Wildman–Crippen LogP) is 3.17. The Morgan fingerprint density at radius 3 is 2.56 bits per heavy atom. The van der Waals surface area contributed by atoms with Crippen LogP contribution >= 0.6 is 0 Å². The second kappa shape index (κ2) is 6.82. The summed E-state index contributed by atoms with van der Waals surface area (Å²) in [5.41, 5.74) is 7.27. The SMILES string of the molecule is N[C@@H](CCCc1ccccc1)Oc1[c]cccc1. The zero-order valence-electron chi connectivity index (χ0n) is 10.4. The number of ether oxygens (including phenoxy) is 1. The van der Waals surface area contributed by atoms with Crippen LogP contribution in [-0.2, 0) is 6.42 Å². The molecular weight excluding hydrogens is 222 g/mol. The fraction of sp³-hybridized carbons (Fsp3) is 0.250. The maximum atomic E-state index is 5.93. The van der Waals surface area contributed by atoms with E-state index in [9.17, 15) is 0 Å². The van der Waals surface area contributed by atoms with Crippen LogP contribution in [0.3, 0.4) is 0 Å². The number of para-hydroxylation sites is 1. The molecule has 1 radical (unpaired) electrons. The minimum atomic E-state index is -0.257. The number of aryl methyl sites for hydroxylation is 1. The first-order valence-electron chi connectivity index (χ1n) is 6.27. The predicted molar refractivity (Wildman–Crippen MR) is 73.3 cm³/mol. The molecule has 2 nitrogen and oxygen atoms in total. The Kier molecular flexibility index (Phi) is 4.79. The molecule has 0 aliphatic rings. The molecule has 0 saturated heterocycles. The quantitative estimate of drug-likeness (QED) is 0.787. The van der Waals surface area contributed by atoms with Crippen molar-refractivity contribution in [2.24, 2.45) is 5.73 Å². The highest BCUT2D eigenvalue weighted by Gasteiger charge is 2.04. The third-order valence-electron chi connectivity index (χ3n) is 2.76. The third kappa shape index (κ3) is 4.22. The van der Waals surface area contributed by atoms with E-state index >= 15 is 0 Å². The van der Waals surface area contributed by atoms with Crippen LogP contribution in [0.15, 0.2) is 54.6 Å². The molecule has 2 N–H and O–H groups in total. The van der Waals surface area contributed by atoms with Gasteiger partial charge in [0.1, 0.15) is 12.0 Å². The van der Waals surface area contributed by atoms with Crippen LogP contribution in [0.4, 0.5) is 0 Å². The van der Waals surface area contributed by atoms with Gasteiger partial charge in [-0.1, -0.05) is 48.5 Å². The van der Waals surface area contributed by atoms with Crippen LogP contribution < -0.4 is 10.5 Å². The molecule has 2 rings (SSSR count). The molecule has 2 aromatic carbocycles. The van der Waals surface area contributed by atoms with Crippen LogP contribution in [-0.4, -0.2) is 6.23 Å². The van der Waals surface area contributed by atoms with Gasteiger partial charge in [-0.2, -0.15) is 0 Å². The molecule has 2 heteroatoms. The molecule has 0 saturated carbocycles. The average Bonchev–Trinajstić information content (AvgIpc) is 2.41. The monoisotopic (exact) mass is 240 g/mol. The average molecular weight is 240 g/mol. The first-order chi connectivity index (χ1) is 8.84. The number of hydrogen-bond acceptors (Lipinski definition) is 2. The molecule has 0 bridgehead atoms. The Bertz CT molecular complexity index is 441. The summed E-state index contributed by atoms with van der Waals surface area (Å²) >= 11 is 0. The van der Waals surface area contributed by atoms with Crippen molar-refractivity contribution in [3.8, 4) is 5.75 Å². The van der Waals surface area contributed by atoms with Crippen molar-refractivity contribution in [3.05, 3.63) is 66.2 Å². The first kappa shape index (κ1) is 12.7. The van der Waals surface area contributed by atoms with Gasteiger partial charge in [0.25, 0.3) is 0 Å². The summed E-state index contributed by atoms with van der Waals surface area (Å²) in [6.07, 6.45) is 2.65. The second-order valence-corrected chi connectivity index (χ2v) is 4.26. The molecule has 0 fully saturated rings. The second-order valence-electron chi connectivity index (χ2n) is 4.26. The summed E-state index contributed by atoms with van der Waals surface area (Å²) in [4.78, 5) is 0. The molecule has 1 atom stereocenters. The van der Waals surface area contributed by atoms with Gasteiger partial charge in [-0.3, -0.25) is 5.73 Å². The van der Waals surface area contributed by atoms with Crippen LogP contribution in [0.5, 0.6) is 5.75 Å². The molecule has 0 spiro atoms. The van der Waals surface area contributed by atoms with Gasteiger partial charge in [-0.05, 0) is 30.9 Å². The lowest BCUT2D eigenvalue weighted by Gasteiger charge is -2.14. The van der Waals surface area contributed by atoms with Crippen molar-refractivity contribution in [2.45, 2.75) is 25.5 Å². The van der Waals surface area contributed by atoms with Gasteiger partial charge in [-0.15, -0.1) is 0 Å². The Balaban J connectivity index is 1.71. The summed E-state index contributed by atoms with van der Waals surface area (Å²) in [6.45, 7) is 0.